The van der Waals surface area contributed by atoms with E-state index in [9.17, 15) is 4.79 Å². The van der Waals surface area contributed by atoms with Crippen LogP contribution in [0.1, 0.15) is 30.4 Å². The van der Waals surface area contributed by atoms with Crippen LogP contribution in [0.5, 0.6) is 0 Å². The second kappa shape index (κ2) is 8.87. The van der Waals surface area contributed by atoms with Crippen molar-refractivity contribution in [2.24, 2.45) is 0 Å². The molecular formula is C20H25N2O2+. The number of carboxylic acids is 1. The fourth-order valence-corrected chi connectivity index (χ4v) is 2.38. The third-order valence-electron chi connectivity index (χ3n) is 3.85. The number of rotatable bonds is 8. The normalized spacial score (nSPS) is 10.9. The van der Waals surface area contributed by atoms with E-state index < -0.39 is 5.97 Å². The van der Waals surface area contributed by atoms with Crippen LogP contribution in [0.3, 0.4) is 0 Å². The molecule has 1 heterocycles. The van der Waals surface area contributed by atoms with Gasteiger partial charge >= 0.3 is 5.97 Å². The first-order chi connectivity index (χ1) is 11.5. The number of unbranched alkanes of at least 4 members (excludes halogenated alkanes) is 1. The predicted octanol–water partition coefficient (Wildman–Crippen LogP) is 3.47. The van der Waals surface area contributed by atoms with Crippen molar-refractivity contribution < 1.29 is 14.5 Å². The molecule has 0 aliphatic rings. The van der Waals surface area contributed by atoms with Crippen LogP contribution in [-0.4, -0.2) is 25.2 Å². The number of aryl methyl sites for hydroxylation is 1. The lowest BCUT2D eigenvalue weighted by Crippen LogP contribution is -2.32. The molecule has 0 atom stereocenters. The van der Waals surface area contributed by atoms with Crippen LogP contribution in [0.25, 0.3) is 12.2 Å². The van der Waals surface area contributed by atoms with Crippen molar-refractivity contribution in [3.05, 3.63) is 59.9 Å². The largest absolute Gasteiger partial charge is 0.481 e. The van der Waals surface area contributed by atoms with Crippen molar-refractivity contribution in [1.82, 2.24) is 0 Å². The van der Waals surface area contributed by atoms with Gasteiger partial charge in [-0.15, -0.1) is 0 Å². The fraction of sp³-hybridized carbons (Fsp3) is 0.300. The van der Waals surface area contributed by atoms with Gasteiger partial charge in [0.2, 0.25) is 0 Å². The number of hydrogen-bond donors (Lipinski definition) is 1. The van der Waals surface area contributed by atoms with Crippen molar-refractivity contribution in [3.8, 4) is 0 Å². The number of nitrogens with zero attached hydrogens (tertiary/aromatic N) is 2. The second-order valence-corrected chi connectivity index (χ2v) is 6.04. The van der Waals surface area contributed by atoms with Crippen LogP contribution in [-0.2, 0) is 11.3 Å². The van der Waals surface area contributed by atoms with Gasteiger partial charge < -0.3 is 10.0 Å². The molecule has 4 heteroatoms. The van der Waals surface area contributed by atoms with Crippen molar-refractivity contribution >= 4 is 23.8 Å². The van der Waals surface area contributed by atoms with E-state index >= 15 is 0 Å². The molecule has 2 rings (SSSR count). The highest BCUT2D eigenvalue weighted by atomic mass is 16.4. The molecule has 0 saturated carbocycles. The molecule has 0 saturated heterocycles. The molecule has 24 heavy (non-hydrogen) atoms. The van der Waals surface area contributed by atoms with Gasteiger partial charge in [0.1, 0.15) is 6.54 Å². The average molecular weight is 325 g/mol. The van der Waals surface area contributed by atoms with E-state index in [1.165, 1.54) is 11.3 Å². The highest BCUT2D eigenvalue weighted by Crippen LogP contribution is 2.14. The highest BCUT2D eigenvalue weighted by Gasteiger charge is 2.02. The Morgan fingerprint density at radius 3 is 2.12 bits per heavy atom. The Kier molecular flexibility index (Phi) is 6.55. The molecule has 1 aromatic heterocycles. The number of carbonyl (C=O) groups is 1. The topological polar surface area (TPSA) is 44.4 Å². The number of hydrogen-bond acceptors (Lipinski definition) is 2. The van der Waals surface area contributed by atoms with E-state index in [1.807, 2.05) is 26.5 Å². The second-order valence-electron chi connectivity index (χ2n) is 6.04. The van der Waals surface area contributed by atoms with Crippen LogP contribution >= 0.6 is 0 Å². The predicted molar refractivity (Wildman–Crippen MR) is 97.8 cm³/mol. The zero-order chi connectivity index (χ0) is 17.4. The first-order valence-electron chi connectivity index (χ1n) is 8.21. The minimum atomic E-state index is -0.723. The Labute approximate surface area is 143 Å². The van der Waals surface area contributed by atoms with Crippen LogP contribution < -0.4 is 9.47 Å². The minimum absolute atomic E-state index is 0.244. The van der Waals surface area contributed by atoms with Gasteiger partial charge in [0.05, 0.1) is 0 Å². The van der Waals surface area contributed by atoms with Gasteiger partial charge in [-0.1, -0.05) is 24.3 Å². The number of benzene rings is 1. The summed E-state index contributed by atoms with van der Waals surface area (Å²) >= 11 is 0. The zero-order valence-electron chi connectivity index (χ0n) is 14.4. The monoisotopic (exact) mass is 325 g/mol. The highest BCUT2D eigenvalue weighted by molar-refractivity contribution is 5.70. The van der Waals surface area contributed by atoms with Gasteiger partial charge in [-0.05, 0) is 29.7 Å². The van der Waals surface area contributed by atoms with Crippen molar-refractivity contribution in [2.75, 3.05) is 19.0 Å². The van der Waals surface area contributed by atoms with Gasteiger partial charge in [0, 0.05) is 44.8 Å². The van der Waals surface area contributed by atoms with Gasteiger partial charge in [-0.25, -0.2) is 4.57 Å². The van der Waals surface area contributed by atoms with Crippen molar-refractivity contribution in [3.63, 3.8) is 0 Å². The molecule has 0 unspecified atom stereocenters. The number of anilines is 1. The quantitative estimate of drug-likeness (QED) is 0.597. The smallest absolute Gasteiger partial charge is 0.303 e. The van der Waals surface area contributed by atoms with Crippen LogP contribution in [0.15, 0.2) is 48.8 Å². The lowest BCUT2D eigenvalue weighted by molar-refractivity contribution is -0.697. The SMILES string of the molecule is CN(C)c1ccc(/C=C\c2cc[n+](CCCCC(=O)O)cc2)cc1. The van der Waals surface area contributed by atoms with Crippen molar-refractivity contribution in [1.29, 1.82) is 0 Å². The van der Waals surface area contributed by atoms with E-state index in [-0.39, 0.29) is 6.42 Å². The summed E-state index contributed by atoms with van der Waals surface area (Å²) in [5, 5.41) is 8.63. The molecule has 126 valence electrons. The molecule has 0 spiro atoms. The van der Waals surface area contributed by atoms with E-state index in [0.717, 1.165) is 18.5 Å². The standard InChI is InChI=1S/C20H24N2O2/c1-21(2)19-10-8-17(9-11-19)6-7-18-12-15-22(16-13-18)14-4-3-5-20(23)24/h6-13,15-16H,3-5,14H2,1-2H3/p+1. The Bertz CT molecular complexity index is 674. The zero-order valence-corrected chi connectivity index (χ0v) is 14.4. The summed E-state index contributed by atoms with van der Waals surface area (Å²) in [6.45, 7) is 0.850. The van der Waals surface area contributed by atoms with E-state index in [4.69, 9.17) is 5.11 Å². The van der Waals surface area contributed by atoms with E-state index in [1.54, 1.807) is 0 Å². The third-order valence-corrected chi connectivity index (χ3v) is 3.85. The number of aromatic nitrogens is 1. The summed E-state index contributed by atoms with van der Waals surface area (Å²) in [4.78, 5) is 12.6. The van der Waals surface area contributed by atoms with Crippen LogP contribution in [0.4, 0.5) is 5.69 Å². The first-order valence-corrected chi connectivity index (χ1v) is 8.21. The molecule has 0 aliphatic heterocycles. The van der Waals surface area contributed by atoms with Crippen molar-refractivity contribution in [2.45, 2.75) is 25.8 Å². The maximum absolute atomic E-state index is 10.5. The van der Waals surface area contributed by atoms with Crippen LogP contribution in [0, 0.1) is 0 Å². The van der Waals surface area contributed by atoms with E-state index in [2.05, 4.69) is 58.0 Å². The van der Waals surface area contributed by atoms with E-state index in [0.29, 0.717) is 6.42 Å². The van der Waals surface area contributed by atoms with Gasteiger partial charge in [0.15, 0.2) is 12.4 Å². The number of pyridine rings is 1. The Morgan fingerprint density at radius 2 is 1.58 bits per heavy atom. The molecular weight excluding hydrogens is 300 g/mol. The molecule has 0 amide bonds. The summed E-state index contributed by atoms with van der Waals surface area (Å²) in [7, 11) is 4.07. The summed E-state index contributed by atoms with van der Waals surface area (Å²) in [5.41, 5.74) is 3.51. The Balaban J connectivity index is 1.87. The maximum atomic E-state index is 10.5. The average Bonchev–Trinajstić information content (AvgIpc) is 2.58. The maximum Gasteiger partial charge on any atom is 0.303 e. The minimum Gasteiger partial charge on any atom is -0.481 e. The molecule has 1 aromatic carbocycles. The lowest BCUT2D eigenvalue weighted by Gasteiger charge is -2.11. The third kappa shape index (κ3) is 5.88. The van der Waals surface area contributed by atoms with Gasteiger partial charge in [0.25, 0.3) is 0 Å². The Morgan fingerprint density at radius 1 is 1.00 bits per heavy atom. The first kappa shape index (κ1) is 17.7. The van der Waals surface area contributed by atoms with Crippen LogP contribution in [0.2, 0.25) is 0 Å². The van der Waals surface area contributed by atoms with Gasteiger partial charge in [-0.3, -0.25) is 4.79 Å². The lowest BCUT2D eigenvalue weighted by atomic mass is 10.1. The summed E-state index contributed by atoms with van der Waals surface area (Å²) in [5.74, 6) is -0.723. The molecule has 2 aromatic rings. The fourth-order valence-electron chi connectivity index (χ4n) is 2.38. The molecule has 0 aliphatic carbocycles. The molecule has 0 bridgehead atoms. The molecule has 0 radical (unpaired) electrons. The summed E-state index contributed by atoms with van der Waals surface area (Å²) in [6.07, 6.45) is 10.1. The molecule has 0 fully saturated rings. The number of carboxylic acid groups (broad SMARTS) is 1. The van der Waals surface area contributed by atoms with Gasteiger partial charge in [-0.2, -0.15) is 0 Å². The molecule has 1 N–H and O–H groups in total. The molecule has 4 nitrogen and oxygen atoms in total. The summed E-state index contributed by atoms with van der Waals surface area (Å²) < 4.78 is 2.09. The summed E-state index contributed by atoms with van der Waals surface area (Å²) in [6, 6.07) is 12.6. The number of aliphatic carboxylic acids is 1. The Hall–Kier alpha value is -2.62.